The predicted octanol–water partition coefficient (Wildman–Crippen LogP) is 2.38. The molecule has 0 aliphatic rings. The molecule has 0 radical (unpaired) electrons. The Hall–Kier alpha value is -2.13. The van der Waals surface area contributed by atoms with Crippen LogP contribution in [-0.2, 0) is 5.75 Å². The molecule has 0 fully saturated rings. The van der Waals surface area contributed by atoms with E-state index in [1.807, 2.05) is 0 Å². The lowest BCUT2D eigenvalue weighted by Gasteiger charge is -2.03. The SMILES string of the molecule is Cc1cc(=O)[nH]c(SCc2ccc(F)c(C#N)c2)n1. The van der Waals surface area contributed by atoms with Gasteiger partial charge in [-0.25, -0.2) is 9.37 Å². The standard InChI is InChI=1S/C13H10FN3OS/c1-8-4-12(18)17-13(16-8)19-7-9-2-3-11(14)10(5-9)6-15/h2-5H,7H2,1H3,(H,16,17,18). The zero-order valence-electron chi connectivity index (χ0n) is 10.1. The first kappa shape index (κ1) is 13.3. The molecule has 0 saturated carbocycles. The molecule has 1 N–H and O–H groups in total. The Morgan fingerprint density at radius 3 is 2.95 bits per heavy atom. The first-order valence-electron chi connectivity index (χ1n) is 5.48. The van der Waals surface area contributed by atoms with Crippen LogP contribution in [0.5, 0.6) is 0 Å². The van der Waals surface area contributed by atoms with Crippen molar-refractivity contribution in [3.05, 3.63) is 57.3 Å². The molecule has 0 bridgehead atoms. The van der Waals surface area contributed by atoms with Crippen molar-refractivity contribution in [2.75, 3.05) is 0 Å². The van der Waals surface area contributed by atoms with Gasteiger partial charge in [-0.3, -0.25) is 4.79 Å². The lowest BCUT2D eigenvalue weighted by molar-refractivity contribution is 0.623. The van der Waals surface area contributed by atoms with Gasteiger partial charge in [0, 0.05) is 17.5 Å². The van der Waals surface area contributed by atoms with Crippen LogP contribution in [0.1, 0.15) is 16.8 Å². The summed E-state index contributed by atoms with van der Waals surface area (Å²) in [6.07, 6.45) is 0. The Labute approximate surface area is 113 Å². The van der Waals surface area contributed by atoms with Crippen LogP contribution >= 0.6 is 11.8 Å². The van der Waals surface area contributed by atoms with E-state index >= 15 is 0 Å². The second-order valence-corrected chi connectivity index (χ2v) is 4.87. The number of rotatable bonds is 3. The van der Waals surface area contributed by atoms with Crippen molar-refractivity contribution < 1.29 is 4.39 Å². The highest BCUT2D eigenvalue weighted by atomic mass is 32.2. The van der Waals surface area contributed by atoms with Crippen LogP contribution in [-0.4, -0.2) is 9.97 Å². The van der Waals surface area contributed by atoms with Crippen LogP contribution in [0.3, 0.4) is 0 Å². The van der Waals surface area contributed by atoms with E-state index in [1.165, 1.54) is 30.0 Å². The van der Waals surface area contributed by atoms with E-state index in [-0.39, 0.29) is 11.1 Å². The number of aromatic nitrogens is 2. The molecule has 0 spiro atoms. The molecule has 0 amide bonds. The normalized spacial score (nSPS) is 10.2. The van der Waals surface area contributed by atoms with Crippen LogP contribution in [0.2, 0.25) is 0 Å². The Bertz CT molecular complexity index is 706. The fourth-order valence-electron chi connectivity index (χ4n) is 1.52. The summed E-state index contributed by atoms with van der Waals surface area (Å²) in [5, 5.41) is 9.25. The van der Waals surface area contributed by atoms with Crippen molar-refractivity contribution in [2.24, 2.45) is 0 Å². The molecule has 6 heteroatoms. The molecule has 0 atom stereocenters. The summed E-state index contributed by atoms with van der Waals surface area (Å²) in [5.41, 5.74) is 1.26. The summed E-state index contributed by atoms with van der Waals surface area (Å²) in [4.78, 5) is 18.1. The van der Waals surface area contributed by atoms with Crippen LogP contribution in [0.25, 0.3) is 0 Å². The number of benzene rings is 1. The van der Waals surface area contributed by atoms with Gasteiger partial charge in [0.1, 0.15) is 11.9 Å². The highest BCUT2D eigenvalue weighted by Crippen LogP contribution is 2.20. The van der Waals surface area contributed by atoms with Gasteiger partial charge in [0.15, 0.2) is 5.16 Å². The largest absolute Gasteiger partial charge is 0.301 e. The van der Waals surface area contributed by atoms with Gasteiger partial charge in [-0.2, -0.15) is 5.26 Å². The van der Waals surface area contributed by atoms with E-state index in [2.05, 4.69) is 9.97 Å². The number of nitriles is 1. The number of aromatic amines is 1. The minimum atomic E-state index is -0.529. The highest BCUT2D eigenvalue weighted by Gasteiger charge is 2.04. The summed E-state index contributed by atoms with van der Waals surface area (Å²) in [5.74, 6) is -0.0280. The Morgan fingerprint density at radius 2 is 2.26 bits per heavy atom. The molecular formula is C13H10FN3OS. The average Bonchev–Trinajstić information content (AvgIpc) is 2.36. The number of thioether (sulfide) groups is 1. The third kappa shape index (κ3) is 3.42. The maximum atomic E-state index is 13.1. The van der Waals surface area contributed by atoms with E-state index in [0.717, 1.165) is 5.56 Å². The average molecular weight is 275 g/mol. The van der Waals surface area contributed by atoms with Gasteiger partial charge in [-0.15, -0.1) is 0 Å². The lowest BCUT2D eigenvalue weighted by Crippen LogP contribution is -2.08. The van der Waals surface area contributed by atoms with Crippen molar-refractivity contribution in [2.45, 2.75) is 17.8 Å². The quantitative estimate of drug-likeness (QED) is 0.689. The smallest absolute Gasteiger partial charge is 0.251 e. The van der Waals surface area contributed by atoms with E-state index in [9.17, 15) is 9.18 Å². The summed E-state index contributed by atoms with van der Waals surface area (Å²) >= 11 is 1.33. The number of nitrogens with one attached hydrogen (secondary N) is 1. The minimum absolute atomic E-state index is 0.0174. The molecular weight excluding hydrogens is 265 g/mol. The number of hydrogen-bond acceptors (Lipinski definition) is 4. The van der Waals surface area contributed by atoms with Gasteiger partial charge in [0.25, 0.3) is 5.56 Å². The van der Waals surface area contributed by atoms with E-state index in [4.69, 9.17) is 5.26 Å². The summed E-state index contributed by atoms with van der Waals surface area (Å²) < 4.78 is 13.1. The molecule has 1 aromatic carbocycles. The third-order valence-electron chi connectivity index (χ3n) is 2.37. The zero-order chi connectivity index (χ0) is 13.8. The molecule has 2 aromatic rings. The van der Waals surface area contributed by atoms with Crippen LogP contribution < -0.4 is 5.56 Å². The highest BCUT2D eigenvalue weighted by molar-refractivity contribution is 7.98. The van der Waals surface area contributed by atoms with E-state index in [0.29, 0.717) is 16.6 Å². The van der Waals surface area contributed by atoms with Gasteiger partial charge in [-0.1, -0.05) is 17.8 Å². The van der Waals surface area contributed by atoms with Crippen molar-refractivity contribution in [3.8, 4) is 6.07 Å². The topological polar surface area (TPSA) is 69.5 Å². The van der Waals surface area contributed by atoms with Gasteiger partial charge in [0.2, 0.25) is 0 Å². The minimum Gasteiger partial charge on any atom is -0.301 e. The number of hydrogen-bond donors (Lipinski definition) is 1. The maximum Gasteiger partial charge on any atom is 0.251 e. The molecule has 0 aliphatic heterocycles. The molecule has 0 aliphatic carbocycles. The molecule has 0 saturated heterocycles. The van der Waals surface area contributed by atoms with E-state index < -0.39 is 5.82 Å². The monoisotopic (exact) mass is 275 g/mol. The van der Waals surface area contributed by atoms with Crippen LogP contribution in [0.15, 0.2) is 34.2 Å². The fourth-order valence-corrected chi connectivity index (χ4v) is 2.38. The van der Waals surface area contributed by atoms with Gasteiger partial charge in [-0.05, 0) is 24.6 Å². The van der Waals surface area contributed by atoms with Crippen molar-refractivity contribution in [1.82, 2.24) is 9.97 Å². The fraction of sp³-hybridized carbons (Fsp3) is 0.154. The number of H-pyrrole nitrogens is 1. The molecule has 1 heterocycles. The maximum absolute atomic E-state index is 13.1. The molecule has 19 heavy (non-hydrogen) atoms. The Balaban J connectivity index is 2.15. The summed E-state index contributed by atoms with van der Waals surface area (Å²) in [7, 11) is 0. The van der Waals surface area contributed by atoms with Gasteiger partial charge >= 0.3 is 0 Å². The lowest BCUT2D eigenvalue weighted by atomic mass is 10.1. The second kappa shape index (κ2) is 5.67. The summed E-state index contributed by atoms with van der Waals surface area (Å²) in [6, 6.07) is 7.58. The first-order valence-corrected chi connectivity index (χ1v) is 6.46. The molecule has 2 rings (SSSR count). The van der Waals surface area contributed by atoms with E-state index in [1.54, 1.807) is 19.1 Å². The van der Waals surface area contributed by atoms with Crippen molar-refractivity contribution in [3.63, 3.8) is 0 Å². The first-order chi connectivity index (χ1) is 9.08. The van der Waals surface area contributed by atoms with Crippen LogP contribution in [0, 0.1) is 24.1 Å². The number of halogens is 1. The van der Waals surface area contributed by atoms with Gasteiger partial charge < -0.3 is 4.98 Å². The predicted molar refractivity (Wildman–Crippen MR) is 70.3 cm³/mol. The zero-order valence-corrected chi connectivity index (χ0v) is 10.9. The van der Waals surface area contributed by atoms with Crippen LogP contribution in [0.4, 0.5) is 4.39 Å². The third-order valence-corrected chi connectivity index (χ3v) is 3.32. The molecule has 4 nitrogen and oxygen atoms in total. The van der Waals surface area contributed by atoms with Crippen molar-refractivity contribution >= 4 is 11.8 Å². The number of aryl methyl sites for hydroxylation is 1. The summed E-state index contributed by atoms with van der Waals surface area (Å²) in [6.45, 7) is 1.74. The Kier molecular flexibility index (Phi) is 3.97. The van der Waals surface area contributed by atoms with Gasteiger partial charge in [0.05, 0.1) is 5.56 Å². The molecule has 96 valence electrons. The second-order valence-electron chi connectivity index (χ2n) is 3.91. The Morgan fingerprint density at radius 1 is 1.47 bits per heavy atom. The molecule has 1 aromatic heterocycles. The van der Waals surface area contributed by atoms with Crippen molar-refractivity contribution in [1.29, 1.82) is 5.26 Å². The molecule has 0 unspecified atom stereocenters. The number of nitrogens with zero attached hydrogens (tertiary/aromatic N) is 2.